The number of nitrogens with one attached hydrogen (secondary N) is 1. The zero-order valence-corrected chi connectivity index (χ0v) is 13.9. The minimum Gasteiger partial charge on any atom is -0.507 e. The van der Waals surface area contributed by atoms with Crippen LogP contribution in [-0.4, -0.2) is 21.8 Å². The van der Waals surface area contributed by atoms with Crippen LogP contribution in [0.3, 0.4) is 0 Å². The van der Waals surface area contributed by atoms with Gasteiger partial charge in [-0.15, -0.1) is 0 Å². The van der Waals surface area contributed by atoms with E-state index in [0.29, 0.717) is 10.2 Å². The molecule has 23 heavy (non-hydrogen) atoms. The summed E-state index contributed by atoms with van der Waals surface area (Å²) in [5, 5.41) is 14.4. The summed E-state index contributed by atoms with van der Waals surface area (Å²) in [7, 11) is 1.85. The number of phenols is 1. The van der Waals surface area contributed by atoms with Gasteiger partial charge in [-0.1, -0.05) is 18.2 Å². The summed E-state index contributed by atoms with van der Waals surface area (Å²) in [6.07, 6.45) is 1.52. The molecule has 2 aromatic carbocycles. The Bertz CT molecular complexity index is 915. The number of fused-ring (bicyclic) bond motifs is 1. The van der Waals surface area contributed by atoms with Crippen molar-refractivity contribution < 1.29 is 9.90 Å². The number of benzene rings is 2. The highest BCUT2D eigenvalue weighted by Gasteiger charge is 2.12. The Morgan fingerprint density at radius 3 is 2.78 bits per heavy atom. The van der Waals surface area contributed by atoms with Crippen molar-refractivity contribution >= 4 is 39.0 Å². The molecule has 1 amide bonds. The highest BCUT2D eigenvalue weighted by Crippen LogP contribution is 2.23. The zero-order chi connectivity index (χ0) is 16.4. The number of aromatic hydroxyl groups is 1. The van der Waals surface area contributed by atoms with Gasteiger partial charge in [0.25, 0.3) is 5.91 Å². The first kappa shape index (κ1) is 15.3. The fraction of sp³-hybridized carbons (Fsp3) is 0.0588. The Labute approximate surface area is 141 Å². The predicted molar refractivity (Wildman–Crippen MR) is 93.8 cm³/mol. The fourth-order valence-electron chi connectivity index (χ4n) is 2.33. The van der Waals surface area contributed by atoms with Gasteiger partial charge in [0, 0.05) is 18.0 Å². The van der Waals surface area contributed by atoms with Crippen LogP contribution in [0.4, 0.5) is 0 Å². The number of rotatable bonds is 3. The molecule has 3 rings (SSSR count). The van der Waals surface area contributed by atoms with E-state index in [-0.39, 0.29) is 11.7 Å². The molecule has 0 aliphatic rings. The molecule has 0 unspecified atom stereocenters. The van der Waals surface area contributed by atoms with Gasteiger partial charge in [0.2, 0.25) is 0 Å². The highest BCUT2D eigenvalue weighted by molar-refractivity contribution is 9.10. The van der Waals surface area contributed by atoms with Crippen LogP contribution in [-0.2, 0) is 7.05 Å². The summed E-state index contributed by atoms with van der Waals surface area (Å²) in [5.74, 6) is -0.125. The van der Waals surface area contributed by atoms with E-state index >= 15 is 0 Å². The van der Waals surface area contributed by atoms with Crippen molar-refractivity contribution in [1.29, 1.82) is 0 Å². The smallest absolute Gasteiger partial charge is 0.287 e. The summed E-state index contributed by atoms with van der Waals surface area (Å²) < 4.78 is 2.40. The first-order valence-electron chi connectivity index (χ1n) is 6.92. The fourth-order valence-corrected chi connectivity index (χ4v) is 2.73. The number of amides is 1. The normalized spacial score (nSPS) is 11.2. The molecule has 0 radical (unpaired) electrons. The number of hydrogen-bond donors (Lipinski definition) is 2. The molecule has 0 fully saturated rings. The molecule has 0 atom stereocenters. The van der Waals surface area contributed by atoms with Crippen molar-refractivity contribution in [3.8, 4) is 5.75 Å². The van der Waals surface area contributed by atoms with Gasteiger partial charge in [-0.2, -0.15) is 5.10 Å². The molecule has 0 saturated carbocycles. The van der Waals surface area contributed by atoms with Crippen LogP contribution < -0.4 is 5.43 Å². The van der Waals surface area contributed by atoms with Crippen molar-refractivity contribution in [1.82, 2.24) is 9.99 Å². The number of hydrazone groups is 1. The number of carbonyl (C=O) groups excluding carboxylic acids is 1. The van der Waals surface area contributed by atoms with E-state index in [1.165, 1.54) is 6.21 Å². The summed E-state index contributed by atoms with van der Waals surface area (Å²) in [4.78, 5) is 12.3. The Hall–Kier alpha value is -2.60. The lowest BCUT2D eigenvalue weighted by Crippen LogP contribution is -2.20. The summed E-state index contributed by atoms with van der Waals surface area (Å²) in [6.45, 7) is 0. The van der Waals surface area contributed by atoms with Gasteiger partial charge in [-0.05, 0) is 51.8 Å². The first-order valence-corrected chi connectivity index (χ1v) is 7.72. The maximum atomic E-state index is 12.3. The van der Waals surface area contributed by atoms with Gasteiger partial charge < -0.3 is 9.67 Å². The maximum Gasteiger partial charge on any atom is 0.287 e. The number of phenolic OH excluding ortho intramolecular Hbond substituents is 1. The molecule has 0 saturated heterocycles. The maximum absolute atomic E-state index is 12.3. The van der Waals surface area contributed by atoms with Gasteiger partial charge in [-0.3, -0.25) is 4.79 Å². The van der Waals surface area contributed by atoms with Crippen LogP contribution in [0, 0.1) is 0 Å². The molecule has 0 spiro atoms. The number of para-hydroxylation sites is 1. The third-order valence-electron chi connectivity index (χ3n) is 3.54. The first-order chi connectivity index (χ1) is 11.1. The van der Waals surface area contributed by atoms with E-state index in [1.54, 1.807) is 18.2 Å². The second-order valence-electron chi connectivity index (χ2n) is 5.06. The van der Waals surface area contributed by atoms with Crippen molar-refractivity contribution in [2.75, 3.05) is 0 Å². The Balaban J connectivity index is 1.77. The van der Waals surface area contributed by atoms with Crippen LogP contribution in [0.1, 0.15) is 16.1 Å². The van der Waals surface area contributed by atoms with E-state index in [4.69, 9.17) is 0 Å². The molecule has 0 aliphatic carbocycles. The third-order valence-corrected chi connectivity index (χ3v) is 4.17. The molecule has 2 N–H and O–H groups in total. The number of hydrogen-bond acceptors (Lipinski definition) is 3. The predicted octanol–water partition coefficient (Wildman–Crippen LogP) is 3.41. The Morgan fingerprint density at radius 2 is 2.04 bits per heavy atom. The number of halogens is 1. The molecular formula is C17H14BrN3O2. The number of carbonyl (C=O) groups is 1. The van der Waals surface area contributed by atoms with Crippen LogP contribution in [0.5, 0.6) is 5.75 Å². The van der Waals surface area contributed by atoms with Crippen molar-refractivity contribution in [3.05, 3.63) is 64.3 Å². The number of aryl methyl sites for hydroxylation is 1. The van der Waals surface area contributed by atoms with Gasteiger partial charge in [-0.25, -0.2) is 5.43 Å². The molecule has 6 heteroatoms. The Morgan fingerprint density at radius 1 is 1.26 bits per heavy atom. The summed E-state index contributed by atoms with van der Waals surface area (Å²) in [5.41, 5.74) is 4.80. The monoisotopic (exact) mass is 371 g/mol. The third kappa shape index (κ3) is 3.12. The second-order valence-corrected chi connectivity index (χ2v) is 5.91. The van der Waals surface area contributed by atoms with E-state index in [1.807, 2.05) is 41.9 Å². The van der Waals surface area contributed by atoms with Crippen LogP contribution in [0.2, 0.25) is 0 Å². The number of nitrogens with zero attached hydrogens (tertiary/aromatic N) is 2. The number of aromatic nitrogens is 1. The zero-order valence-electron chi connectivity index (χ0n) is 12.3. The molecular weight excluding hydrogens is 358 g/mol. The SMILES string of the molecule is Cn1c(C(=O)N/N=C/c2ccc(O)c(Br)c2)cc2ccccc21. The minimum absolute atomic E-state index is 0.154. The summed E-state index contributed by atoms with van der Waals surface area (Å²) >= 11 is 3.23. The van der Waals surface area contributed by atoms with Gasteiger partial charge >= 0.3 is 0 Å². The molecule has 3 aromatic rings. The van der Waals surface area contributed by atoms with Crippen LogP contribution in [0.15, 0.2) is 58.1 Å². The van der Waals surface area contributed by atoms with Crippen molar-refractivity contribution in [3.63, 3.8) is 0 Å². The quantitative estimate of drug-likeness (QED) is 0.547. The summed E-state index contributed by atoms with van der Waals surface area (Å²) in [6, 6.07) is 14.6. The van der Waals surface area contributed by atoms with E-state index in [9.17, 15) is 9.90 Å². The standard InChI is InChI=1S/C17H14BrN3O2/c1-21-14-5-3-2-4-12(14)9-15(21)17(23)20-19-10-11-6-7-16(22)13(18)8-11/h2-10,22H,1H3,(H,20,23)/b19-10+. The van der Waals surface area contributed by atoms with E-state index < -0.39 is 0 Å². The average molecular weight is 372 g/mol. The lowest BCUT2D eigenvalue weighted by Gasteiger charge is -2.02. The van der Waals surface area contributed by atoms with Crippen molar-refractivity contribution in [2.45, 2.75) is 0 Å². The molecule has 116 valence electrons. The molecule has 5 nitrogen and oxygen atoms in total. The van der Waals surface area contributed by atoms with E-state index in [0.717, 1.165) is 16.5 Å². The van der Waals surface area contributed by atoms with Gasteiger partial charge in [0.15, 0.2) is 0 Å². The van der Waals surface area contributed by atoms with E-state index in [2.05, 4.69) is 26.5 Å². The second kappa shape index (κ2) is 6.26. The average Bonchev–Trinajstić information content (AvgIpc) is 2.88. The van der Waals surface area contributed by atoms with Crippen LogP contribution >= 0.6 is 15.9 Å². The molecule has 0 bridgehead atoms. The molecule has 0 aliphatic heterocycles. The highest BCUT2D eigenvalue weighted by atomic mass is 79.9. The topological polar surface area (TPSA) is 66.6 Å². The van der Waals surface area contributed by atoms with Gasteiger partial charge in [0.1, 0.15) is 11.4 Å². The van der Waals surface area contributed by atoms with Crippen LogP contribution in [0.25, 0.3) is 10.9 Å². The van der Waals surface area contributed by atoms with Gasteiger partial charge in [0.05, 0.1) is 10.7 Å². The van der Waals surface area contributed by atoms with Crippen molar-refractivity contribution in [2.24, 2.45) is 12.1 Å². The minimum atomic E-state index is -0.280. The lowest BCUT2D eigenvalue weighted by molar-refractivity contribution is 0.0947. The largest absolute Gasteiger partial charge is 0.507 e. The lowest BCUT2D eigenvalue weighted by atomic mass is 10.2. The molecule has 1 heterocycles. The molecule has 1 aromatic heterocycles. The Kier molecular flexibility index (Phi) is 4.16.